The van der Waals surface area contributed by atoms with Gasteiger partial charge in [-0.25, -0.2) is 0 Å². The van der Waals surface area contributed by atoms with Crippen LogP contribution in [0.2, 0.25) is 0 Å². The minimum absolute atomic E-state index is 0.0437. The Bertz CT molecular complexity index is 320. The zero-order chi connectivity index (χ0) is 13.0. The van der Waals surface area contributed by atoms with Crippen LogP contribution in [0.25, 0.3) is 0 Å². The number of hydrogen-bond acceptors (Lipinski definition) is 4. The van der Waals surface area contributed by atoms with Crippen molar-refractivity contribution < 1.29 is 14.7 Å². The predicted octanol–water partition coefficient (Wildman–Crippen LogP) is 0.405. The van der Waals surface area contributed by atoms with Crippen LogP contribution in [0.15, 0.2) is 0 Å². The molecule has 1 heterocycles. The van der Waals surface area contributed by atoms with Crippen molar-refractivity contribution in [3.8, 4) is 0 Å². The van der Waals surface area contributed by atoms with Gasteiger partial charge in [0.25, 0.3) is 0 Å². The van der Waals surface area contributed by atoms with Crippen molar-refractivity contribution in [1.29, 1.82) is 0 Å². The fourth-order valence-corrected chi connectivity index (χ4v) is 3.22. The van der Waals surface area contributed by atoms with Crippen LogP contribution in [0.3, 0.4) is 0 Å². The lowest BCUT2D eigenvalue weighted by Gasteiger charge is -2.34. The Kier molecular flexibility index (Phi) is 4.88. The van der Waals surface area contributed by atoms with Crippen LogP contribution in [-0.4, -0.2) is 59.1 Å². The van der Waals surface area contributed by atoms with E-state index in [0.717, 1.165) is 24.0 Å². The first kappa shape index (κ1) is 13.7. The largest absolute Gasteiger partial charge is 0.481 e. The first-order valence-corrected chi connectivity index (χ1v) is 7.62. The van der Waals surface area contributed by atoms with Crippen LogP contribution in [0, 0.1) is 5.92 Å². The maximum absolute atomic E-state index is 12.1. The zero-order valence-corrected chi connectivity index (χ0v) is 11.2. The standard InChI is InChI=1S/C12H20N2O3S/c15-11(7-13-6-9-1-2-9)14-3-4-18-8-10(14)5-12(16)17/h9-10,13H,1-8H2,(H,16,17). The van der Waals surface area contributed by atoms with Gasteiger partial charge in [-0.3, -0.25) is 9.59 Å². The number of carbonyl (C=O) groups excluding carboxylic acids is 1. The predicted molar refractivity (Wildman–Crippen MR) is 70.7 cm³/mol. The lowest BCUT2D eigenvalue weighted by Crippen LogP contribution is -2.50. The highest BCUT2D eigenvalue weighted by Gasteiger charge is 2.29. The van der Waals surface area contributed by atoms with Crippen LogP contribution in [0.4, 0.5) is 0 Å². The van der Waals surface area contributed by atoms with E-state index in [4.69, 9.17) is 5.11 Å². The molecule has 18 heavy (non-hydrogen) atoms. The molecule has 2 fully saturated rings. The van der Waals surface area contributed by atoms with Gasteiger partial charge in [-0.1, -0.05) is 0 Å². The molecule has 0 bridgehead atoms. The zero-order valence-electron chi connectivity index (χ0n) is 10.4. The highest BCUT2D eigenvalue weighted by Crippen LogP contribution is 2.27. The summed E-state index contributed by atoms with van der Waals surface area (Å²) in [7, 11) is 0. The number of thioether (sulfide) groups is 1. The molecule has 1 aliphatic carbocycles. The van der Waals surface area contributed by atoms with Crippen LogP contribution >= 0.6 is 11.8 Å². The first-order chi connectivity index (χ1) is 8.66. The molecule has 0 aromatic rings. The molecular weight excluding hydrogens is 252 g/mol. The number of rotatable bonds is 6. The van der Waals surface area contributed by atoms with Gasteiger partial charge in [0.05, 0.1) is 19.0 Å². The SMILES string of the molecule is O=C(O)CC1CSCCN1C(=O)CNCC1CC1. The Balaban J connectivity index is 1.78. The molecule has 2 N–H and O–H groups in total. The average Bonchev–Trinajstić information content (AvgIpc) is 3.13. The average molecular weight is 272 g/mol. The Morgan fingerprint density at radius 3 is 2.83 bits per heavy atom. The molecule has 0 aromatic heterocycles. The van der Waals surface area contributed by atoms with Crippen molar-refractivity contribution in [2.75, 3.05) is 31.1 Å². The molecule has 2 rings (SSSR count). The van der Waals surface area contributed by atoms with Gasteiger partial charge in [0.15, 0.2) is 0 Å². The minimum Gasteiger partial charge on any atom is -0.481 e. The van der Waals surface area contributed by atoms with Crippen LogP contribution in [0.1, 0.15) is 19.3 Å². The van der Waals surface area contributed by atoms with E-state index in [1.807, 2.05) is 0 Å². The molecule has 1 aliphatic heterocycles. The van der Waals surface area contributed by atoms with E-state index in [1.165, 1.54) is 12.8 Å². The van der Waals surface area contributed by atoms with E-state index in [0.29, 0.717) is 13.1 Å². The second-order valence-corrected chi connectivity index (χ2v) is 6.14. The number of amides is 1. The Morgan fingerprint density at radius 2 is 2.17 bits per heavy atom. The topological polar surface area (TPSA) is 69.6 Å². The van der Waals surface area contributed by atoms with Crippen LogP contribution < -0.4 is 5.32 Å². The molecule has 102 valence electrons. The minimum atomic E-state index is -0.828. The number of carboxylic acids is 1. The van der Waals surface area contributed by atoms with Gasteiger partial charge in [0.2, 0.25) is 5.91 Å². The summed E-state index contributed by atoms with van der Waals surface area (Å²) in [5.41, 5.74) is 0. The molecule has 1 atom stereocenters. The van der Waals surface area contributed by atoms with Crippen molar-refractivity contribution in [2.45, 2.75) is 25.3 Å². The van der Waals surface area contributed by atoms with Crippen molar-refractivity contribution in [1.82, 2.24) is 10.2 Å². The van der Waals surface area contributed by atoms with Crippen molar-refractivity contribution in [3.05, 3.63) is 0 Å². The summed E-state index contributed by atoms with van der Waals surface area (Å²) in [6.45, 7) is 1.93. The summed E-state index contributed by atoms with van der Waals surface area (Å²) in [4.78, 5) is 24.6. The summed E-state index contributed by atoms with van der Waals surface area (Å²) >= 11 is 1.73. The normalized spacial score (nSPS) is 24.0. The summed E-state index contributed by atoms with van der Waals surface area (Å²) in [6, 6.07) is -0.142. The van der Waals surface area contributed by atoms with Gasteiger partial charge < -0.3 is 15.3 Å². The second-order valence-electron chi connectivity index (χ2n) is 4.99. The van der Waals surface area contributed by atoms with Gasteiger partial charge in [0, 0.05) is 18.1 Å². The van der Waals surface area contributed by atoms with Gasteiger partial charge >= 0.3 is 5.97 Å². The third-order valence-corrected chi connectivity index (χ3v) is 4.46. The van der Waals surface area contributed by atoms with E-state index in [1.54, 1.807) is 16.7 Å². The number of carbonyl (C=O) groups is 2. The number of nitrogens with zero attached hydrogens (tertiary/aromatic N) is 1. The van der Waals surface area contributed by atoms with E-state index in [-0.39, 0.29) is 18.4 Å². The monoisotopic (exact) mass is 272 g/mol. The molecule has 1 saturated heterocycles. The summed E-state index contributed by atoms with van der Waals surface area (Å²) < 4.78 is 0. The summed E-state index contributed by atoms with van der Waals surface area (Å²) in [6.07, 6.45) is 2.59. The third kappa shape index (κ3) is 4.17. The summed E-state index contributed by atoms with van der Waals surface area (Å²) in [5.74, 6) is 1.61. The molecule has 0 spiro atoms. The fourth-order valence-electron chi connectivity index (χ4n) is 2.16. The highest BCUT2D eigenvalue weighted by atomic mass is 32.2. The molecule has 1 unspecified atom stereocenters. The van der Waals surface area contributed by atoms with Gasteiger partial charge in [-0.2, -0.15) is 11.8 Å². The highest BCUT2D eigenvalue weighted by molar-refractivity contribution is 7.99. The van der Waals surface area contributed by atoms with E-state index >= 15 is 0 Å². The number of aliphatic carboxylic acids is 1. The quantitative estimate of drug-likeness (QED) is 0.733. The Morgan fingerprint density at radius 1 is 1.39 bits per heavy atom. The molecular formula is C12H20N2O3S. The lowest BCUT2D eigenvalue weighted by molar-refractivity contribution is -0.140. The number of carboxylic acid groups (broad SMARTS) is 1. The van der Waals surface area contributed by atoms with E-state index in [9.17, 15) is 9.59 Å². The number of nitrogens with one attached hydrogen (secondary N) is 1. The fraction of sp³-hybridized carbons (Fsp3) is 0.833. The molecule has 0 radical (unpaired) electrons. The second kappa shape index (κ2) is 6.43. The van der Waals surface area contributed by atoms with E-state index in [2.05, 4.69) is 5.32 Å². The molecule has 1 amide bonds. The third-order valence-electron chi connectivity index (χ3n) is 3.36. The maximum Gasteiger partial charge on any atom is 0.305 e. The van der Waals surface area contributed by atoms with Gasteiger partial charge in [-0.15, -0.1) is 0 Å². The number of hydrogen-bond donors (Lipinski definition) is 2. The van der Waals surface area contributed by atoms with Crippen LogP contribution in [-0.2, 0) is 9.59 Å². The molecule has 2 aliphatic rings. The van der Waals surface area contributed by atoms with Crippen molar-refractivity contribution >= 4 is 23.6 Å². The molecule has 6 heteroatoms. The lowest BCUT2D eigenvalue weighted by atomic mass is 10.2. The smallest absolute Gasteiger partial charge is 0.305 e. The summed E-state index contributed by atoms with van der Waals surface area (Å²) in [5, 5.41) is 12.0. The van der Waals surface area contributed by atoms with E-state index < -0.39 is 5.97 Å². The Hall–Kier alpha value is -0.750. The Labute approximate surface area is 111 Å². The maximum atomic E-state index is 12.1. The van der Waals surface area contributed by atoms with Crippen molar-refractivity contribution in [3.63, 3.8) is 0 Å². The first-order valence-electron chi connectivity index (χ1n) is 6.46. The van der Waals surface area contributed by atoms with Gasteiger partial charge in [0.1, 0.15) is 0 Å². The van der Waals surface area contributed by atoms with Gasteiger partial charge in [-0.05, 0) is 25.3 Å². The molecule has 1 saturated carbocycles. The molecule has 0 aromatic carbocycles. The van der Waals surface area contributed by atoms with Crippen molar-refractivity contribution in [2.24, 2.45) is 5.92 Å². The van der Waals surface area contributed by atoms with Crippen LogP contribution in [0.5, 0.6) is 0 Å². The molecule has 5 nitrogen and oxygen atoms in total.